The van der Waals surface area contributed by atoms with Gasteiger partial charge in [-0.1, -0.05) is 12.1 Å². The van der Waals surface area contributed by atoms with Crippen molar-refractivity contribution in [2.75, 3.05) is 0 Å². The molecule has 0 saturated heterocycles. The Morgan fingerprint density at radius 2 is 1.50 bits per heavy atom. The fourth-order valence-electron chi connectivity index (χ4n) is 1.70. The van der Waals surface area contributed by atoms with Crippen LogP contribution in [0.3, 0.4) is 0 Å². The summed E-state index contributed by atoms with van der Waals surface area (Å²) in [6.07, 6.45) is 0. The molecule has 3 nitrogen and oxygen atoms in total. The van der Waals surface area contributed by atoms with Gasteiger partial charge in [-0.3, -0.25) is 4.79 Å². The third kappa shape index (κ3) is 4.40. The first-order valence-corrected chi connectivity index (χ1v) is 6.09. The molecule has 0 unspecified atom stereocenters. The number of carbonyl (C=O) groups excluding carboxylic acids is 1. The number of rotatable bonds is 3. The zero-order valence-corrected chi connectivity index (χ0v) is 12.0. The molecule has 100 valence electrons. The Labute approximate surface area is 109 Å². The Kier molecular flexibility index (Phi) is 4.05. The van der Waals surface area contributed by atoms with Crippen LogP contribution >= 0.6 is 0 Å². The lowest BCUT2D eigenvalue weighted by Gasteiger charge is -2.26. The summed E-state index contributed by atoms with van der Waals surface area (Å²) in [5.41, 5.74) is 0.109. The van der Waals surface area contributed by atoms with Crippen molar-refractivity contribution < 1.29 is 14.3 Å². The molecule has 3 heteroatoms. The number of hydrogen-bond acceptors (Lipinski definition) is 3. The van der Waals surface area contributed by atoms with E-state index >= 15 is 0 Å². The van der Waals surface area contributed by atoms with Crippen LogP contribution in [-0.4, -0.2) is 11.6 Å². The van der Waals surface area contributed by atoms with Crippen LogP contribution < -0.4 is 4.74 Å². The van der Waals surface area contributed by atoms with Crippen LogP contribution in [0.15, 0.2) is 24.3 Å². The number of benzene rings is 1. The van der Waals surface area contributed by atoms with E-state index in [0.717, 1.165) is 11.3 Å². The molecular weight excluding hydrogens is 228 g/mol. The molecule has 1 aromatic carbocycles. The van der Waals surface area contributed by atoms with Gasteiger partial charge >= 0.3 is 5.97 Å². The monoisotopic (exact) mass is 250 g/mol. The van der Waals surface area contributed by atoms with Gasteiger partial charge in [0.2, 0.25) is 0 Å². The Morgan fingerprint density at radius 1 is 1.00 bits per heavy atom. The maximum absolute atomic E-state index is 11.0. The predicted molar refractivity (Wildman–Crippen MR) is 71.6 cm³/mol. The van der Waals surface area contributed by atoms with Crippen molar-refractivity contribution in [3.63, 3.8) is 0 Å². The summed E-state index contributed by atoms with van der Waals surface area (Å²) >= 11 is 0. The van der Waals surface area contributed by atoms with Crippen molar-refractivity contribution >= 4 is 5.97 Å². The summed E-state index contributed by atoms with van der Waals surface area (Å²) in [6.45, 7) is 11.2. The summed E-state index contributed by atoms with van der Waals surface area (Å²) in [4.78, 5) is 11.0. The number of esters is 1. The van der Waals surface area contributed by atoms with Gasteiger partial charge in [0.05, 0.1) is 0 Å². The second-order valence-corrected chi connectivity index (χ2v) is 5.84. The van der Waals surface area contributed by atoms with E-state index in [1.807, 2.05) is 58.9 Å². The fourth-order valence-corrected chi connectivity index (χ4v) is 1.70. The highest BCUT2D eigenvalue weighted by molar-refractivity contribution is 5.66. The van der Waals surface area contributed by atoms with Gasteiger partial charge in [0.15, 0.2) is 0 Å². The zero-order valence-electron chi connectivity index (χ0n) is 12.0. The zero-order chi connectivity index (χ0) is 14.0. The number of hydrogen-bond donors (Lipinski definition) is 0. The van der Waals surface area contributed by atoms with Crippen molar-refractivity contribution in [3.8, 4) is 5.75 Å². The first-order valence-electron chi connectivity index (χ1n) is 6.09. The molecule has 0 aliphatic heterocycles. The van der Waals surface area contributed by atoms with Gasteiger partial charge in [0, 0.05) is 6.92 Å². The summed E-state index contributed by atoms with van der Waals surface area (Å²) in [7, 11) is 0. The average Bonchev–Trinajstić information content (AvgIpc) is 2.13. The first kappa shape index (κ1) is 14.6. The molecule has 0 spiro atoms. The molecule has 18 heavy (non-hydrogen) atoms. The van der Waals surface area contributed by atoms with Gasteiger partial charge in [-0.05, 0) is 52.3 Å². The van der Waals surface area contributed by atoms with E-state index in [1.54, 1.807) is 0 Å². The average molecular weight is 250 g/mol. The molecule has 0 fully saturated rings. The molecule has 0 saturated carbocycles. The minimum atomic E-state index is -0.619. The molecule has 0 amide bonds. The van der Waals surface area contributed by atoms with E-state index in [0.29, 0.717) is 0 Å². The van der Waals surface area contributed by atoms with Gasteiger partial charge in [0.25, 0.3) is 0 Å². The SMILES string of the molecule is CC(=O)OC(C)(C)c1ccc(OC(C)(C)C)cc1. The Morgan fingerprint density at radius 3 is 1.89 bits per heavy atom. The highest BCUT2D eigenvalue weighted by Crippen LogP contribution is 2.27. The van der Waals surface area contributed by atoms with Gasteiger partial charge in [-0.2, -0.15) is 0 Å². The normalized spacial score (nSPS) is 12.1. The summed E-state index contributed by atoms with van der Waals surface area (Å²) in [5.74, 6) is 0.528. The lowest BCUT2D eigenvalue weighted by atomic mass is 9.98. The smallest absolute Gasteiger partial charge is 0.303 e. The molecule has 0 aromatic heterocycles. The van der Waals surface area contributed by atoms with Gasteiger partial charge in [-0.25, -0.2) is 0 Å². The van der Waals surface area contributed by atoms with Crippen LogP contribution in [-0.2, 0) is 15.1 Å². The van der Waals surface area contributed by atoms with E-state index in [4.69, 9.17) is 9.47 Å². The Balaban J connectivity index is 2.85. The highest BCUT2D eigenvalue weighted by Gasteiger charge is 2.24. The highest BCUT2D eigenvalue weighted by atomic mass is 16.6. The van der Waals surface area contributed by atoms with Crippen LogP contribution in [0.5, 0.6) is 5.75 Å². The molecule has 0 bridgehead atoms. The second kappa shape index (κ2) is 5.01. The molecule has 1 rings (SSSR count). The van der Waals surface area contributed by atoms with Crippen molar-refractivity contribution in [2.45, 2.75) is 52.7 Å². The van der Waals surface area contributed by atoms with E-state index in [1.165, 1.54) is 6.92 Å². The Bertz CT molecular complexity index is 410. The van der Waals surface area contributed by atoms with Gasteiger partial charge in [0.1, 0.15) is 17.0 Å². The molecule has 0 aliphatic carbocycles. The quantitative estimate of drug-likeness (QED) is 0.768. The van der Waals surface area contributed by atoms with Crippen molar-refractivity contribution in [1.82, 2.24) is 0 Å². The van der Waals surface area contributed by atoms with Crippen LogP contribution in [0.4, 0.5) is 0 Å². The van der Waals surface area contributed by atoms with Crippen LogP contribution in [0, 0.1) is 0 Å². The molecule has 0 radical (unpaired) electrons. The maximum atomic E-state index is 11.0. The van der Waals surface area contributed by atoms with Crippen LogP contribution in [0.25, 0.3) is 0 Å². The van der Waals surface area contributed by atoms with E-state index in [9.17, 15) is 4.79 Å². The largest absolute Gasteiger partial charge is 0.488 e. The van der Waals surface area contributed by atoms with E-state index in [2.05, 4.69) is 0 Å². The second-order valence-electron chi connectivity index (χ2n) is 5.84. The van der Waals surface area contributed by atoms with Gasteiger partial charge < -0.3 is 9.47 Å². The minimum absolute atomic E-state index is 0.215. The lowest BCUT2D eigenvalue weighted by molar-refractivity contribution is -0.154. The number of ether oxygens (including phenoxy) is 2. The topological polar surface area (TPSA) is 35.5 Å². The third-order valence-corrected chi connectivity index (χ3v) is 2.37. The fraction of sp³-hybridized carbons (Fsp3) is 0.533. The molecule has 0 aliphatic rings. The van der Waals surface area contributed by atoms with E-state index in [-0.39, 0.29) is 11.6 Å². The van der Waals surface area contributed by atoms with Crippen molar-refractivity contribution in [2.24, 2.45) is 0 Å². The molecular formula is C15H22O3. The summed E-state index contributed by atoms with van der Waals surface area (Å²) in [6, 6.07) is 7.63. The van der Waals surface area contributed by atoms with Crippen LogP contribution in [0.1, 0.15) is 47.1 Å². The third-order valence-electron chi connectivity index (χ3n) is 2.37. The summed E-state index contributed by atoms with van der Waals surface area (Å²) in [5, 5.41) is 0. The van der Waals surface area contributed by atoms with Crippen molar-refractivity contribution in [3.05, 3.63) is 29.8 Å². The molecule has 1 aromatic rings. The first-order chi connectivity index (χ1) is 8.10. The number of carbonyl (C=O) groups is 1. The molecule has 0 heterocycles. The molecule has 0 atom stereocenters. The van der Waals surface area contributed by atoms with E-state index < -0.39 is 5.60 Å². The van der Waals surface area contributed by atoms with Crippen molar-refractivity contribution in [1.29, 1.82) is 0 Å². The lowest BCUT2D eigenvalue weighted by Crippen LogP contribution is -2.25. The maximum Gasteiger partial charge on any atom is 0.303 e. The Hall–Kier alpha value is -1.51. The summed E-state index contributed by atoms with van der Waals surface area (Å²) < 4.78 is 11.0. The predicted octanol–water partition coefficient (Wildman–Crippen LogP) is 3.66. The van der Waals surface area contributed by atoms with Crippen LogP contribution in [0.2, 0.25) is 0 Å². The molecule has 0 N–H and O–H groups in total. The van der Waals surface area contributed by atoms with Gasteiger partial charge in [-0.15, -0.1) is 0 Å². The standard InChI is InChI=1S/C15H22O3/c1-11(16)17-15(5,6)12-7-9-13(10-8-12)18-14(2,3)4/h7-10H,1-6H3. The minimum Gasteiger partial charge on any atom is -0.488 e.